The highest BCUT2D eigenvalue weighted by atomic mass is 35.7. The summed E-state index contributed by atoms with van der Waals surface area (Å²) in [6, 6.07) is 0. The Morgan fingerprint density at radius 1 is 1.50 bits per heavy atom. The first-order valence-corrected chi connectivity index (χ1v) is 4.37. The minimum absolute atomic E-state index is 0.331. The molecular formula is C4H10ClO2P. The summed E-state index contributed by atoms with van der Waals surface area (Å²) in [5.41, 5.74) is -0.331. The highest BCUT2D eigenvalue weighted by Gasteiger charge is 2.14. The van der Waals surface area contributed by atoms with Gasteiger partial charge in [-0.25, -0.2) is 0 Å². The van der Waals surface area contributed by atoms with Crippen LogP contribution in [-0.4, -0.2) is 10.5 Å². The molecule has 1 N–H and O–H groups in total. The summed E-state index contributed by atoms with van der Waals surface area (Å²) in [6.45, 7) is 5.50. The molecule has 0 saturated heterocycles. The Balaban J connectivity index is 3.39. The van der Waals surface area contributed by atoms with Gasteiger partial charge in [0.2, 0.25) is 0 Å². The molecule has 4 heteroatoms. The first-order valence-electron chi connectivity index (χ1n) is 2.26. The zero-order valence-corrected chi connectivity index (χ0v) is 6.83. The van der Waals surface area contributed by atoms with Gasteiger partial charge in [0.05, 0.1) is 5.60 Å². The van der Waals surface area contributed by atoms with Crippen molar-refractivity contribution in [2.45, 2.75) is 26.4 Å². The van der Waals surface area contributed by atoms with E-state index in [4.69, 9.17) is 20.7 Å². The van der Waals surface area contributed by atoms with Crippen LogP contribution in [0.2, 0.25) is 0 Å². The van der Waals surface area contributed by atoms with E-state index in [0.29, 0.717) is 0 Å². The van der Waals surface area contributed by atoms with Gasteiger partial charge in [0.25, 0.3) is 7.73 Å². The maximum absolute atomic E-state index is 8.50. The quantitative estimate of drug-likeness (QED) is 0.590. The third-order valence-electron chi connectivity index (χ3n) is 0.349. The van der Waals surface area contributed by atoms with Crippen LogP contribution in [-0.2, 0) is 4.52 Å². The topological polar surface area (TPSA) is 29.5 Å². The first kappa shape index (κ1) is 8.64. The predicted octanol–water partition coefficient (Wildman–Crippen LogP) is 2.26. The Kier molecular flexibility index (Phi) is 3.21. The molecule has 0 aromatic rings. The standard InChI is InChI=1S/C4H10ClO2P/c1-4(2,3)7-8(5)6/h6H,1-3H3. The van der Waals surface area contributed by atoms with E-state index in [1.165, 1.54) is 0 Å². The summed E-state index contributed by atoms with van der Waals surface area (Å²) in [5.74, 6) is 0. The Hall–Kier alpha value is 0.640. The van der Waals surface area contributed by atoms with Crippen LogP contribution in [0, 0.1) is 0 Å². The molecule has 8 heavy (non-hydrogen) atoms. The van der Waals surface area contributed by atoms with Crippen molar-refractivity contribution in [1.82, 2.24) is 0 Å². The lowest BCUT2D eigenvalue weighted by Crippen LogP contribution is -2.14. The van der Waals surface area contributed by atoms with E-state index in [-0.39, 0.29) is 5.60 Å². The molecule has 0 saturated carbocycles. The van der Waals surface area contributed by atoms with Crippen molar-refractivity contribution in [2.75, 3.05) is 0 Å². The van der Waals surface area contributed by atoms with Gasteiger partial charge in [0.15, 0.2) is 0 Å². The second-order valence-electron chi connectivity index (χ2n) is 2.43. The van der Waals surface area contributed by atoms with Crippen LogP contribution in [0.4, 0.5) is 0 Å². The third kappa shape index (κ3) is 6.64. The average molecular weight is 157 g/mol. The summed E-state index contributed by atoms with van der Waals surface area (Å²) in [6.07, 6.45) is 0. The summed E-state index contributed by atoms with van der Waals surface area (Å²) < 4.78 is 4.82. The van der Waals surface area contributed by atoms with Gasteiger partial charge in [-0.15, -0.1) is 0 Å². The monoisotopic (exact) mass is 156 g/mol. The molecular weight excluding hydrogens is 146 g/mol. The van der Waals surface area contributed by atoms with Crippen LogP contribution in [0.25, 0.3) is 0 Å². The highest BCUT2D eigenvalue weighted by Crippen LogP contribution is 2.41. The minimum atomic E-state index is -1.72. The molecule has 0 rings (SSSR count). The van der Waals surface area contributed by atoms with Crippen LogP contribution in [0.3, 0.4) is 0 Å². The summed E-state index contributed by atoms with van der Waals surface area (Å²) in [7, 11) is -1.72. The lowest BCUT2D eigenvalue weighted by molar-refractivity contribution is 0.139. The average Bonchev–Trinajstić information content (AvgIpc) is 1.21. The van der Waals surface area contributed by atoms with Crippen molar-refractivity contribution in [1.29, 1.82) is 0 Å². The van der Waals surface area contributed by atoms with Gasteiger partial charge in [-0.2, -0.15) is 0 Å². The van der Waals surface area contributed by atoms with Gasteiger partial charge >= 0.3 is 0 Å². The van der Waals surface area contributed by atoms with E-state index in [2.05, 4.69) is 0 Å². The summed E-state index contributed by atoms with van der Waals surface area (Å²) in [4.78, 5) is 8.50. The lowest BCUT2D eigenvalue weighted by Gasteiger charge is -2.18. The fourth-order valence-corrected chi connectivity index (χ4v) is 1.30. The first-order chi connectivity index (χ1) is 3.42. The van der Waals surface area contributed by atoms with Gasteiger partial charge in [-0.1, -0.05) is 0 Å². The Bertz CT molecular complexity index is 68.9. The number of hydrogen-bond donors (Lipinski definition) is 1. The predicted molar refractivity (Wildman–Crippen MR) is 35.8 cm³/mol. The normalized spacial score (nSPS) is 16.1. The molecule has 0 spiro atoms. The molecule has 0 aromatic carbocycles. The van der Waals surface area contributed by atoms with Gasteiger partial charge in [0, 0.05) is 0 Å². The number of rotatable bonds is 1. The molecule has 0 radical (unpaired) electrons. The van der Waals surface area contributed by atoms with Gasteiger partial charge < -0.3 is 9.42 Å². The molecule has 0 aliphatic carbocycles. The molecule has 0 amide bonds. The van der Waals surface area contributed by atoms with Crippen LogP contribution < -0.4 is 0 Å². The Morgan fingerprint density at radius 2 is 1.88 bits per heavy atom. The minimum Gasteiger partial charge on any atom is -0.338 e. The zero-order chi connectivity index (χ0) is 6.78. The molecule has 0 bridgehead atoms. The van der Waals surface area contributed by atoms with Gasteiger partial charge in [-0.3, -0.25) is 0 Å². The Labute approximate surface area is 55.5 Å². The molecule has 1 unspecified atom stereocenters. The maximum Gasteiger partial charge on any atom is 0.274 e. The lowest BCUT2D eigenvalue weighted by atomic mass is 10.2. The van der Waals surface area contributed by atoms with Crippen LogP contribution in [0.1, 0.15) is 20.8 Å². The van der Waals surface area contributed by atoms with E-state index in [1.807, 2.05) is 20.8 Å². The van der Waals surface area contributed by atoms with Crippen molar-refractivity contribution in [2.24, 2.45) is 0 Å². The third-order valence-corrected chi connectivity index (χ3v) is 1.25. The fraction of sp³-hybridized carbons (Fsp3) is 1.00. The van der Waals surface area contributed by atoms with Crippen molar-refractivity contribution < 1.29 is 9.42 Å². The molecule has 0 aliphatic rings. The van der Waals surface area contributed by atoms with Crippen molar-refractivity contribution in [3.63, 3.8) is 0 Å². The molecule has 0 aromatic heterocycles. The van der Waals surface area contributed by atoms with Crippen molar-refractivity contribution in [3.05, 3.63) is 0 Å². The molecule has 0 fully saturated rings. The summed E-state index contributed by atoms with van der Waals surface area (Å²) >= 11 is 5.16. The second kappa shape index (κ2) is 2.98. The second-order valence-corrected chi connectivity index (χ2v) is 3.93. The molecule has 2 nitrogen and oxygen atoms in total. The van der Waals surface area contributed by atoms with E-state index in [1.54, 1.807) is 0 Å². The van der Waals surface area contributed by atoms with Crippen molar-refractivity contribution >= 4 is 19.0 Å². The van der Waals surface area contributed by atoms with Crippen LogP contribution in [0.15, 0.2) is 0 Å². The maximum atomic E-state index is 8.50. The van der Waals surface area contributed by atoms with E-state index < -0.39 is 7.73 Å². The smallest absolute Gasteiger partial charge is 0.274 e. The van der Waals surface area contributed by atoms with E-state index in [0.717, 1.165) is 0 Å². The molecule has 50 valence electrons. The summed E-state index contributed by atoms with van der Waals surface area (Å²) in [5, 5.41) is 0. The van der Waals surface area contributed by atoms with Crippen LogP contribution in [0.5, 0.6) is 0 Å². The van der Waals surface area contributed by atoms with E-state index >= 15 is 0 Å². The van der Waals surface area contributed by atoms with Crippen LogP contribution >= 0.6 is 19.0 Å². The van der Waals surface area contributed by atoms with Gasteiger partial charge in [0.1, 0.15) is 0 Å². The molecule has 1 atom stereocenters. The fourth-order valence-electron chi connectivity index (χ4n) is 0.226. The number of halogens is 1. The largest absolute Gasteiger partial charge is 0.338 e. The molecule has 0 heterocycles. The SMILES string of the molecule is CC(C)(C)OP(O)Cl. The zero-order valence-electron chi connectivity index (χ0n) is 5.18. The van der Waals surface area contributed by atoms with Gasteiger partial charge in [-0.05, 0) is 32.0 Å². The van der Waals surface area contributed by atoms with E-state index in [9.17, 15) is 0 Å². The van der Waals surface area contributed by atoms with Crippen molar-refractivity contribution in [3.8, 4) is 0 Å². The Morgan fingerprint density at radius 3 is 1.88 bits per heavy atom. The highest BCUT2D eigenvalue weighted by molar-refractivity contribution is 7.75. The number of hydrogen-bond acceptors (Lipinski definition) is 2. The molecule has 0 aliphatic heterocycles.